The van der Waals surface area contributed by atoms with Crippen LogP contribution in [0.2, 0.25) is 0 Å². The van der Waals surface area contributed by atoms with E-state index in [9.17, 15) is 4.79 Å². The lowest BCUT2D eigenvalue weighted by molar-refractivity contribution is 0.102. The van der Waals surface area contributed by atoms with Gasteiger partial charge in [-0.1, -0.05) is 11.8 Å². The SMILES string of the molecule is Cc1coc(SCC(=O)c2cc(C)[nH]c2C)n1. The first-order chi connectivity index (χ1) is 8.06. The number of nitrogens with one attached hydrogen (secondary N) is 1. The van der Waals surface area contributed by atoms with Crippen LogP contribution in [0.15, 0.2) is 22.0 Å². The zero-order valence-electron chi connectivity index (χ0n) is 10.0. The second-order valence-electron chi connectivity index (χ2n) is 3.96. The van der Waals surface area contributed by atoms with E-state index in [1.165, 1.54) is 11.8 Å². The predicted molar refractivity (Wildman–Crippen MR) is 66.6 cm³/mol. The Morgan fingerprint density at radius 3 is 2.76 bits per heavy atom. The zero-order valence-corrected chi connectivity index (χ0v) is 10.9. The molecule has 0 aliphatic carbocycles. The molecule has 0 atom stereocenters. The minimum absolute atomic E-state index is 0.0905. The molecule has 0 saturated carbocycles. The van der Waals surface area contributed by atoms with Gasteiger partial charge in [0.25, 0.3) is 5.22 Å². The molecule has 5 heteroatoms. The van der Waals surface area contributed by atoms with Gasteiger partial charge >= 0.3 is 0 Å². The molecular weight excluding hydrogens is 236 g/mol. The molecule has 2 rings (SSSR count). The second-order valence-corrected chi connectivity index (χ2v) is 4.88. The molecule has 0 aliphatic rings. The van der Waals surface area contributed by atoms with Gasteiger partial charge in [0.05, 0.1) is 11.4 Å². The van der Waals surface area contributed by atoms with Crippen molar-refractivity contribution in [2.75, 3.05) is 5.75 Å². The van der Waals surface area contributed by atoms with Crippen molar-refractivity contribution in [2.45, 2.75) is 26.0 Å². The molecule has 0 radical (unpaired) electrons. The summed E-state index contributed by atoms with van der Waals surface area (Å²) in [5.74, 6) is 0.436. The first-order valence-corrected chi connectivity index (χ1v) is 6.29. The summed E-state index contributed by atoms with van der Waals surface area (Å²) in [5.41, 5.74) is 3.49. The molecule has 17 heavy (non-hydrogen) atoms. The number of H-pyrrole nitrogens is 1. The highest BCUT2D eigenvalue weighted by molar-refractivity contribution is 7.99. The van der Waals surface area contributed by atoms with Crippen LogP contribution in [-0.4, -0.2) is 21.5 Å². The average molecular weight is 250 g/mol. The molecule has 4 nitrogen and oxygen atoms in total. The summed E-state index contributed by atoms with van der Waals surface area (Å²) >= 11 is 1.32. The van der Waals surface area contributed by atoms with Crippen LogP contribution < -0.4 is 0 Å². The molecule has 0 amide bonds. The molecule has 2 aromatic heterocycles. The molecular formula is C12H14N2O2S. The normalized spacial score (nSPS) is 10.8. The Morgan fingerprint density at radius 2 is 2.24 bits per heavy atom. The molecule has 0 bridgehead atoms. The van der Waals surface area contributed by atoms with Crippen LogP contribution >= 0.6 is 11.8 Å². The average Bonchev–Trinajstić information content (AvgIpc) is 2.81. The monoisotopic (exact) mass is 250 g/mol. The molecule has 2 aromatic rings. The van der Waals surface area contributed by atoms with Gasteiger partial charge in [-0.05, 0) is 26.8 Å². The summed E-state index contributed by atoms with van der Waals surface area (Å²) in [6.45, 7) is 5.70. The molecule has 0 spiro atoms. The fraction of sp³-hybridized carbons (Fsp3) is 0.333. The lowest BCUT2D eigenvalue weighted by Gasteiger charge is -1.97. The Labute approximate surface area is 104 Å². The van der Waals surface area contributed by atoms with Gasteiger partial charge in [0.15, 0.2) is 5.78 Å². The molecule has 90 valence electrons. The number of rotatable bonds is 4. The Bertz CT molecular complexity index is 542. The molecule has 0 aliphatic heterocycles. The Balaban J connectivity index is 2.00. The van der Waals surface area contributed by atoms with E-state index in [4.69, 9.17) is 4.42 Å². The first-order valence-electron chi connectivity index (χ1n) is 5.30. The van der Waals surface area contributed by atoms with Crippen LogP contribution in [0.1, 0.15) is 27.4 Å². The zero-order chi connectivity index (χ0) is 12.4. The number of Topliss-reactive ketones (excluding diaryl/α,β-unsaturated/α-hetero) is 1. The number of carbonyl (C=O) groups is 1. The number of carbonyl (C=O) groups excluding carboxylic acids is 1. The highest BCUT2D eigenvalue weighted by atomic mass is 32.2. The number of hydrogen-bond donors (Lipinski definition) is 1. The Kier molecular flexibility index (Phi) is 3.38. The number of aromatic amines is 1. The van der Waals surface area contributed by atoms with Gasteiger partial charge in [0, 0.05) is 17.0 Å². The van der Waals surface area contributed by atoms with E-state index in [0.29, 0.717) is 11.0 Å². The molecule has 0 aromatic carbocycles. The fourth-order valence-electron chi connectivity index (χ4n) is 1.62. The molecule has 0 unspecified atom stereocenters. The van der Waals surface area contributed by atoms with Crippen molar-refractivity contribution in [1.29, 1.82) is 0 Å². The summed E-state index contributed by atoms with van der Waals surface area (Å²) in [6, 6.07) is 1.87. The topological polar surface area (TPSA) is 58.9 Å². The fourth-order valence-corrected chi connectivity index (χ4v) is 2.35. The standard InChI is InChI=1S/C12H14N2O2S/c1-7-4-10(9(3)13-7)11(15)6-17-12-14-8(2)5-16-12/h4-5,13H,6H2,1-3H3. The van der Waals surface area contributed by atoms with Crippen LogP contribution in [-0.2, 0) is 0 Å². The first kappa shape index (κ1) is 12.0. The summed E-state index contributed by atoms with van der Waals surface area (Å²) < 4.78 is 5.18. The number of ketones is 1. The lowest BCUT2D eigenvalue weighted by Crippen LogP contribution is -2.02. The summed E-state index contributed by atoms with van der Waals surface area (Å²) in [5, 5.41) is 0.542. The maximum atomic E-state index is 11.9. The van der Waals surface area contributed by atoms with Crippen molar-refractivity contribution in [3.8, 4) is 0 Å². The smallest absolute Gasteiger partial charge is 0.256 e. The van der Waals surface area contributed by atoms with Crippen molar-refractivity contribution in [1.82, 2.24) is 9.97 Å². The van der Waals surface area contributed by atoms with Crippen molar-refractivity contribution in [3.63, 3.8) is 0 Å². The number of hydrogen-bond acceptors (Lipinski definition) is 4. The minimum atomic E-state index is 0.0905. The van der Waals surface area contributed by atoms with Crippen molar-refractivity contribution in [3.05, 3.63) is 35.0 Å². The van der Waals surface area contributed by atoms with Crippen molar-refractivity contribution < 1.29 is 9.21 Å². The Hall–Kier alpha value is -1.49. The van der Waals surface area contributed by atoms with E-state index in [1.54, 1.807) is 6.26 Å². The maximum absolute atomic E-state index is 11.9. The van der Waals surface area contributed by atoms with Gasteiger partial charge in [-0.15, -0.1) is 0 Å². The van der Waals surface area contributed by atoms with Gasteiger partial charge in [-0.25, -0.2) is 4.98 Å². The highest BCUT2D eigenvalue weighted by Crippen LogP contribution is 2.19. The van der Waals surface area contributed by atoms with Crippen molar-refractivity contribution in [2.24, 2.45) is 0 Å². The Morgan fingerprint density at radius 1 is 1.47 bits per heavy atom. The van der Waals surface area contributed by atoms with Crippen LogP contribution in [0, 0.1) is 20.8 Å². The van der Waals surface area contributed by atoms with Gasteiger partial charge in [0.2, 0.25) is 0 Å². The second kappa shape index (κ2) is 4.79. The van der Waals surface area contributed by atoms with Gasteiger partial charge in [-0.3, -0.25) is 4.79 Å². The van der Waals surface area contributed by atoms with Gasteiger partial charge in [-0.2, -0.15) is 0 Å². The number of oxazole rings is 1. The maximum Gasteiger partial charge on any atom is 0.256 e. The van der Waals surface area contributed by atoms with E-state index in [2.05, 4.69) is 9.97 Å². The van der Waals surface area contributed by atoms with E-state index >= 15 is 0 Å². The van der Waals surface area contributed by atoms with Gasteiger partial charge in [0.1, 0.15) is 6.26 Å². The molecule has 1 N–H and O–H groups in total. The minimum Gasteiger partial charge on any atom is -0.440 e. The van der Waals surface area contributed by atoms with Crippen LogP contribution in [0.5, 0.6) is 0 Å². The van der Waals surface area contributed by atoms with E-state index in [1.807, 2.05) is 26.8 Å². The van der Waals surface area contributed by atoms with Gasteiger partial charge < -0.3 is 9.40 Å². The predicted octanol–water partition coefficient (Wildman–Crippen LogP) is 2.90. The third-order valence-corrected chi connectivity index (χ3v) is 3.22. The van der Waals surface area contributed by atoms with Crippen molar-refractivity contribution >= 4 is 17.5 Å². The number of aromatic nitrogens is 2. The van der Waals surface area contributed by atoms with E-state index < -0.39 is 0 Å². The summed E-state index contributed by atoms with van der Waals surface area (Å²) in [7, 11) is 0. The summed E-state index contributed by atoms with van der Waals surface area (Å²) in [4.78, 5) is 19.2. The van der Waals surface area contributed by atoms with E-state index in [0.717, 1.165) is 22.6 Å². The molecule has 2 heterocycles. The van der Waals surface area contributed by atoms with Crippen LogP contribution in [0.4, 0.5) is 0 Å². The quantitative estimate of drug-likeness (QED) is 0.669. The lowest BCUT2D eigenvalue weighted by atomic mass is 10.2. The van der Waals surface area contributed by atoms with E-state index in [-0.39, 0.29) is 5.78 Å². The third-order valence-electron chi connectivity index (χ3n) is 2.37. The highest BCUT2D eigenvalue weighted by Gasteiger charge is 2.13. The number of thioether (sulfide) groups is 1. The molecule has 0 saturated heterocycles. The van der Waals surface area contributed by atoms with Crippen LogP contribution in [0.25, 0.3) is 0 Å². The molecule has 0 fully saturated rings. The largest absolute Gasteiger partial charge is 0.440 e. The summed E-state index contributed by atoms with van der Waals surface area (Å²) in [6.07, 6.45) is 1.58. The van der Waals surface area contributed by atoms with Crippen LogP contribution in [0.3, 0.4) is 0 Å². The number of aryl methyl sites for hydroxylation is 3. The number of nitrogens with zero attached hydrogens (tertiary/aromatic N) is 1. The third kappa shape index (κ3) is 2.79.